The highest BCUT2D eigenvalue weighted by Crippen LogP contribution is 2.57. The van der Waals surface area contributed by atoms with Crippen molar-refractivity contribution in [3.8, 4) is 0 Å². The van der Waals surface area contributed by atoms with Crippen LogP contribution < -0.4 is 0 Å². The Kier molecular flexibility index (Phi) is 25.0. The molecule has 4 radical (unpaired) electrons. The maximum Gasteiger partial charge on any atom is 0.241 e. The van der Waals surface area contributed by atoms with Crippen LogP contribution in [0.4, 0.5) is 0 Å². The van der Waals surface area contributed by atoms with Gasteiger partial charge < -0.3 is 24.3 Å². The van der Waals surface area contributed by atoms with Gasteiger partial charge in [0.05, 0.1) is 0 Å². The molecule has 0 aliphatic heterocycles. The highest BCUT2D eigenvalue weighted by molar-refractivity contribution is 7.78. The van der Waals surface area contributed by atoms with Crippen molar-refractivity contribution in [3.63, 3.8) is 0 Å². The van der Waals surface area contributed by atoms with E-state index < -0.39 is 5.54 Å². The third kappa shape index (κ3) is 18.7. The fraction of sp³-hybridized carbons (Fsp3) is 0.719. The van der Waals surface area contributed by atoms with Gasteiger partial charge in [-0.05, 0) is 169 Å². The number of aryl methyl sites for hydroxylation is 3. The van der Waals surface area contributed by atoms with Crippen LogP contribution in [0.5, 0.6) is 0 Å². The molecule has 1 aromatic rings. The van der Waals surface area contributed by atoms with Crippen LogP contribution in [0, 0.1) is 23.7 Å². The average molecular weight is 1010 g/mol. The Morgan fingerprint density at radius 2 is 1.10 bits per heavy atom. The van der Waals surface area contributed by atoms with E-state index in [1.54, 1.807) is 30.0 Å². The zero-order valence-electron chi connectivity index (χ0n) is 45.4. The number of carbonyl (C=O) groups is 6. The zero-order chi connectivity index (χ0) is 53.0. The average Bonchev–Trinajstić information content (AvgIpc) is 3.34. The van der Waals surface area contributed by atoms with Crippen LogP contribution in [0.1, 0.15) is 179 Å². The van der Waals surface area contributed by atoms with E-state index in [4.69, 9.17) is 16.0 Å². The number of amides is 6. The fourth-order valence-corrected chi connectivity index (χ4v) is 12.1. The van der Waals surface area contributed by atoms with Gasteiger partial charge in [-0.3, -0.25) is 33.1 Å². The maximum atomic E-state index is 13.4. The molecule has 0 spiro atoms. The molecule has 0 heterocycles. The molecule has 4 saturated carbocycles. The summed E-state index contributed by atoms with van der Waals surface area (Å²) in [6.07, 6.45) is 23.6. The fourth-order valence-electron chi connectivity index (χ4n) is 11.9. The summed E-state index contributed by atoms with van der Waals surface area (Å²) in [7, 11) is 17.8. The van der Waals surface area contributed by atoms with Crippen LogP contribution in [-0.4, -0.2) is 138 Å². The number of nitrogens with zero attached hydrogens (tertiary/aromatic N) is 6. The summed E-state index contributed by atoms with van der Waals surface area (Å²) in [6.45, 7) is 15.6. The van der Waals surface area contributed by atoms with Crippen molar-refractivity contribution in [2.24, 2.45) is 23.7 Å². The van der Waals surface area contributed by atoms with Crippen molar-refractivity contribution in [1.82, 2.24) is 28.6 Å². The minimum Gasteiger partial charge on any atom is -0.396 e. The third-order valence-corrected chi connectivity index (χ3v) is 17.0. The van der Waals surface area contributed by atoms with Crippen LogP contribution >= 0.6 is 12.8 Å². The Balaban J connectivity index is 1.24. The zero-order valence-corrected chi connectivity index (χ0v) is 46.2. The van der Waals surface area contributed by atoms with Gasteiger partial charge in [0.25, 0.3) is 0 Å². The molecule has 4 fully saturated rings. The van der Waals surface area contributed by atoms with Gasteiger partial charge in [0.15, 0.2) is 0 Å². The van der Waals surface area contributed by atoms with Crippen molar-refractivity contribution in [2.45, 2.75) is 192 Å². The van der Waals surface area contributed by atoms with Crippen LogP contribution in [0.15, 0.2) is 43.5 Å². The van der Waals surface area contributed by atoms with Gasteiger partial charge in [-0.2, -0.15) is 0 Å². The third-order valence-electron chi connectivity index (χ3n) is 16.6. The number of benzene rings is 1. The second-order valence-electron chi connectivity index (χ2n) is 22.4. The van der Waals surface area contributed by atoms with Crippen molar-refractivity contribution >= 4 is 64.2 Å². The molecule has 6 amide bonds. The molecule has 4 aliphatic rings. The molecule has 72 heavy (non-hydrogen) atoms. The van der Waals surface area contributed by atoms with E-state index in [1.165, 1.54) is 49.9 Å². The second kappa shape index (κ2) is 29.8. The first-order valence-electron chi connectivity index (χ1n) is 27.4. The molecule has 2 unspecified atom stereocenters. The largest absolute Gasteiger partial charge is 0.396 e. The minimum absolute atomic E-state index is 0.0813. The van der Waals surface area contributed by atoms with Crippen LogP contribution in [0.3, 0.4) is 0 Å². The Bertz CT molecular complexity index is 1950. The molecular formula is C57H90B2N6O6S. The number of allylic oxidation sites excluding steroid dienone is 1. The maximum absolute atomic E-state index is 13.4. The van der Waals surface area contributed by atoms with Gasteiger partial charge in [-0.25, -0.2) is 0 Å². The number of hydrogen-bond acceptors (Lipinski definition) is 7. The summed E-state index contributed by atoms with van der Waals surface area (Å²) in [5.74, 6) is 1.04. The molecule has 396 valence electrons. The standard InChI is InChI=1S/C57H90B2N6O6S/c1-9-21-43(4)25-30-60(6)50(66)37-55(71)65(72)29-20-14-17-24-46-32-44(22-15-12-18-27-63(58)53(69)38-51(67)61(7)56(5,11-3)26-10-2)31-45(33-46)23-16-13-19-28-64(59)54(70)39-52(68)62(8)57-40-47-34-48(41-57)36-49(35-47)42-57/h9-10,31-33,43,47-49,72H,1-2,11-30,34-42H2,3-8H3. The molecule has 4 bridgehead atoms. The number of thiol groups is 1. The van der Waals surface area contributed by atoms with E-state index in [2.05, 4.69) is 51.1 Å². The lowest BCUT2D eigenvalue weighted by atomic mass is 9.52. The molecule has 15 heteroatoms. The Hall–Kier alpha value is -4.00. The minimum atomic E-state index is -0.404. The van der Waals surface area contributed by atoms with E-state index in [1.807, 2.05) is 31.9 Å². The van der Waals surface area contributed by atoms with E-state index in [9.17, 15) is 28.8 Å². The first-order chi connectivity index (χ1) is 34.2. The van der Waals surface area contributed by atoms with E-state index in [0.717, 1.165) is 116 Å². The van der Waals surface area contributed by atoms with E-state index >= 15 is 0 Å². The lowest BCUT2D eigenvalue weighted by Gasteiger charge is -2.59. The van der Waals surface area contributed by atoms with E-state index in [0.29, 0.717) is 56.3 Å². The summed E-state index contributed by atoms with van der Waals surface area (Å²) < 4.78 is 1.37. The van der Waals surface area contributed by atoms with Gasteiger partial charge in [0.2, 0.25) is 51.4 Å². The molecule has 12 nitrogen and oxygen atoms in total. The summed E-state index contributed by atoms with van der Waals surface area (Å²) in [5, 5.41) is 0. The summed E-state index contributed by atoms with van der Waals surface area (Å²) in [5.41, 5.74) is 3.30. The lowest BCUT2D eigenvalue weighted by Crippen LogP contribution is -2.60. The predicted molar refractivity (Wildman–Crippen MR) is 295 cm³/mol. The van der Waals surface area contributed by atoms with E-state index in [-0.39, 0.29) is 60.2 Å². The molecule has 4 aliphatic carbocycles. The second-order valence-corrected chi connectivity index (χ2v) is 22.9. The Morgan fingerprint density at radius 1 is 0.653 bits per heavy atom. The molecule has 5 rings (SSSR count). The van der Waals surface area contributed by atoms with Crippen molar-refractivity contribution in [1.29, 1.82) is 0 Å². The quantitative estimate of drug-likeness (QED) is 0.0242. The molecular weight excluding hydrogens is 918 g/mol. The summed E-state index contributed by atoms with van der Waals surface area (Å²) >= 11 is 4.42. The molecule has 0 saturated heterocycles. The van der Waals surface area contributed by atoms with Crippen LogP contribution in [-0.2, 0) is 48.0 Å². The monoisotopic (exact) mass is 1010 g/mol. The summed E-state index contributed by atoms with van der Waals surface area (Å²) in [4.78, 5) is 85.5. The molecule has 2 atom stereocenters. The van der Waals surface area contributed by atoms with Gasteiger partial charge in [-0.1, -0.05) is 76.3 Å². The van der Waals surface area contributed by atoms with Gasteiger partial charge in [0, 0.05) is 58.4 Å². The van der Waals surface area contributed by atoms with Gasteiger partial charge in [0.1, 0.15) is 19.3 Å². The smallest absolute Gasteiger partial charge is 0.241 e. The molecule has 1 aromatic carbocycles. The number of rotatable bonds is 34. The highest BCUT2D eigenvalue weighted by Gasteiger charge is 2.53. The Morgan fingerprint density at radius 3 is 1.54 bits per heavy atom. The summed E-state index contributed by atoms with van der Waals surface area (Å²) in [6, 6.07) is 6.87. The van der Waals surface area contributed by atoms with Crippen LogP contribution in [0.2, 0.25) is 0 Å². The lowest BCUT2D eigenvalue weighted by molar-refractivity contribution is -0.150. The van der Waals surface area contributed by atoms with Gasteiger partial charge >= 0.3 is 0 Å². The SMILES string of the molecule is [B]N(CCCCCc1cc(CCCCCN([B])C(=O)CC(=O)N(C)C23CC4CC(CC(C4)C2)C3)cc(CCCCCN(S)C(=O)CC(=O)N(C)CCC(C)CC=C)c1)C(=O)CC(=O)N(C)C(C)(CC)CC=C. The molecule has 0 N–H and O–H groups in total. The number of hydrogen-bond donors (Lipinski definition) is 1. The van der Waals surface area contributed by atoms with Crippen molar-refractivity contribution < 1.29 is 28.8 Å². The Labute approximate surface area is 443 Å². The normalized spacial score (nSPS) is 20.0. The topological polar surface area (TPSA) is 122 Å². The number of carbonyl (C=O) groups excluding carboxylic acids is 6. The number of unbranched alkanes of at least 4 members (excludes halogenated alkanes) is 6. The molecule has 0 aromatic heterocycles. The van der Waals surface area contributed by atoms with Crippen molar-refractivity contribution in [3.05, 3.63) is 60.2 Å². The first kappa shape index (κ1) is 60.6. The van der Waals surface area contributed by atoms with Crippen molar-refractivity contribution in [2.75, 3.05) is 47.3 Å². The van der Waals surface area contributed by atoms with Crippen LogP contribution in [0.25, 0.3) is 0 Å². The predicted octanol–water partition coefficient (Wildman–Crippen LogP) is 9.18. The van der Waals surface area contributed by atoms with Gasteiger partial charge in [-0.15, -0.1) is 13.2 Å². The highest BCUT2D eigenvalue weighted by atomic mass is 32.1. The first-order valence-corrected chi connectivity index (χ1v) is 27.8.